The quantitative estimate of drug-likeness (QED) is 0.401. The predicted octanol–water partition coefficient (Wildman–Crippen LogP) is 4.37. The smallest absolute Gasteiger partial charge is 0.234 e. The molecule has 0 aromatic heterocycles. The molecule has 0 rings (SSSR count). The van der Waals surface area contributed by atoms with E-state index in [0.29, 0.717) is 0 Å². The van der Waals surface area contributed by atoms with Gasteiger partial charge in [-0.15, -0.1) is 0 Å². The number of hydrogen-bond donors (Lipinski definition) is 1. The van der Waals surface area contributed by atoms with E-state index in [-0.39, 0.29) is 0 Å². The minimum Gasteiger partial charge on any atom is -0.294 e. The van der Waals surface area contributed by atoms with Crippen molar-refractivity contribution in [2.45, 2.75) is 78.1 Å². The summed E-state index contributed by atoms with van der Waals surface area (Å²) in [5.74, 6) is 0. The Morgan fingerprint density at radius 2 is 1.17 bits per heavy atom. The van der Waals surface area contributed by atoms with Crippen molar-refractivity contribution in [2.24, 2.45) is 0 Å². The van der Waals surface area contributed by atoms with Gasteiger partial charge >= 0.3 is 0 Å². The van der Waals surface area contributed by atoms with Crippen molar-refractivity contribution in [1.82, 2.24) is 4.31 Å². The number of rotatable bonds is 13. The van der Waals surface area contributed by atoms with Gasteiger partial charge in [-0.05, 0) is 12.8 Å². The largest absolute Gasteiger partial charge is 0.294 e. The summed E-state index contributed by atoms with van der Waals surface area (Å²) in [5, 5.41) is 0. The Morgan fingerprint density at radius 3 is 1.50 bits per heavy atom. The monoisotopic (exact) mass is 277 g/mol. The zero-order chi connectivity index (χ0) is 13.6. The Bertz CT molecular complexity index is 186. The van der Waals surface area contributed by atoms with Crippen LogP contribution in [0.5, 0.6) is 0 Å². The lowest BCUT2D eigenvalue weighted by Crippen LogP contribution is -2.27. The first-order valence-corrected chi connectivity index (χ1v) is 8.64. The van der Waals surface area contributed by atoms with Crippen LogP contribution in [0.2, 0.25) is 0 Å². The van der Waals surface area contributed by atoms with Gasteiger partial charge in [0.1, 0.15) is 0 Å². The molecular weight excluding hydrogens is 246 g/mol. The summed E-state index contributed by atoms with van der Waals surface area (Å²) in [6.07, 6.45) is 12.0. The summed E-state index contributed by atoms with van der Waals surface area (Å²) in [5.41, 5.74) is 0. The molecule has 3 nitrogen and oxygen atoms in total. The van der Waals surface area contributed by atoms with Crippen LogP contribution < -0.4 is 0 Å². The summed E-state index contributed by atoms with van der Waals surface area (Å²) in [7, 11) is 0. The fourth-order valence-corrected chi connectivity index (χ4v) is 2.62. The van der Waals surface area contributed by atoms with Gasteiger partial charge in [0.25, 0.3) is 0 Å². The highest BCUT2D eigenvalue weighted by molar-refractivity contribution is 7.76. The summed E-state index contributed by atoms with van der Waals surface area (Å²) >= 11 is -1.78. The van der Waals surface area contributed by atoms with Crippen molar-refractivity contribution < 1.29 is 8.76 Å². The predicted molar refractivity (Wildman–Crippen MR) is 79.9 cm³/mol. The third kappa shape index (κ3) is 11.2. The third-order valence-corrected chi connectivity index (χ3v) is 4.05. The molecule has 1 unspecified atom stereocenters. The van der Waals surface area contributed by atoms with Crippen molar-refractivity contribution >= 4 is 11.3 Å². The van der Waals surface area contributed by atoms with Gasteiger partial charge in [0.15, 0.2) is 0 Å². The van der Waals surface area contributed by atoms with Gasteiger partial charge < -0.3 is 0 Å². The molecule has 4 heteroatoms. The summed E-state index contributed by atoms with van der Waals surface area (Å²) < 4.78 is 22.1. The molecular formula is C14H31NO2S. The molecule has 0 amide bonds. The molecule has 0 spiro atoms. The molecule has 0 saturated heterocycles. The summed E-state index contributed by atoms with van der Waals surface area (Å²) in [6, 6.07) is 0. The molecule has 0 radical (unpaired) electrons. The van der Waals surface area contributed by atoms with Crippen LogP contribution >= 0.6 is 0 Å². The molecule has 18 heavy (non-hydrogen) atoms. The Labute approximate surface area is 116 Å². The Kier molecular flexibility index (Phi) is 13.6. The zero-order valence-corrected chi connectivity index (χ0v) is 13.0. The second-order valence-corrected chi connectivity index (χ2v) is 5.97. The maximum atomic E-state index is 11.2. The van der Waals surface area contributed by atoms with Crippen molar-refractivity contribution in [3.05, 3.63) is 0 Å². The molecule has 0 aliphatic heterocycles. The van der Waals surface area contributed by atoms with Gasteiger partial charge in [0.05, 0.1) is 0 Å². The first-order valence-electron chi connectivity index (χ1n) is 7.58. The lowest BCUT2D eigenvalue weighted by Gasteiger charge is -2.17. The number of hydrogen-bond acceptors (Lipinski definition) is 1. The molecule has 110 valence electrons. The van der Waals surface area contributed by atoms with E-state index < -0.39 is 11.3 Å². The maximum Gasteiger partial charge on any atom is 0.234 e. The van der Waals surface area contributed by atoms with E-state index in [1.807, 2.05) is 0 Å². The minimum absolute atomic E-state index is 0.764. The van der Waals surface area contributed by atoms with Gasteiger partial charge in [-0.2, -0.15) is 0 Å². The average molecular weight is 277 g/mol. The van der Waals surface area contributed by atoms with E-state index in [4.69, 9.17) is 0 Å². The average Bonchev–Trinajstić information content (AvgIpc) is 2.35. The fourth-order valence-electron chi connectivity index (χ4n) is 2.05. The summed E-state index contributed by atoms with van der Waals surface area (Å²) in [6.45, 7) is 5.93. The van der Waals surface area contributed by atoms with Crippen LogP contribution in [-0.4, -0.2) is 26.2 Å². The molecule has 0 aromatic rings. The van der Waals surface area contributed by atoms with E-state index in [1.54, 1.807) is 4.31 Å². The highest BCUT2D eigenvalue weighted by atomic mass is 32.2. The van der Waals surface area contributed by atoms with Crippen LogP contribution in [-0.2, 0) is 11.3 Å². The SMILES string of the molecule is CCCCCCCN(CCCCCCC)S(=O)O. The van der Waals surface area contributed by atoms with Crippen molar-refractivity contribution in [2.75, 3.05) is 13.1 Å². The van der Waals surface area contributed by atoms with Crippen molar-refractivity contribution in [3.8, 4) is 0 Å². The van der Waals surface area contributed by atoms with Gasteiger partial charge in [-0.25, -0.2) is 8.51 Å². The first-order chi connectivity index (χ1) is 8.72. The van der Waals surface area contributed by atoms with Crippen LogP contribution in [0.15, 0.2) is 0 Å². The van der Waals surface area contributed by atoms with Crippen LogP contribution in [0.25, 0.3) is 0 Å². The van der Waals surface area contributed by atoms with E-state index in [1.165, 1.54) is 51.4 Å². The normalized spacial score (nSPS) is 13.1. The van der Waals surface area contributed by atoms with E-state index in [2.05, 4.69) is 13.8 Å². The Morgan fingerprint density at radius 1 is 0.778 bits per heavy atom. The lowest BCUT2D eigenvalue weighted by molar-refractivity contribution is 0.373. The molecule has 0 bridgehead atoms. The molecule has 1 N–H and O–H groups in total. The highest BCUT2D eigenvalue weighted by Crippen LogP contribution is 2.08. The van der Waals surface area contributed by atoms with Crippen LogP contribution in [0.1, 0.15) is 78.1 Å². The zero-order valence-electron chi connectivity index (χ0n) is 12.2. The van der Waals surface area contributed by atoms with Crippen LogP contribution in [0.4, 0.5) is 0 Å². The van der Waals surface area contributed by atoms with Crippen LogP contribution in [0.3, 0.4) is 0 Å². The molecule has 0 fully saturated rings. The molecule has 0 aromatic carbocycles. The molecule has 0 aliphatic carbocycles. The molecule has 0 saturated carbocycles. The Balaban J connectivity index is 3.56. The van der Waals surface area contributed by atoms with Crippen molar-refractivity contribution in [1.29, 1.82) is 0 Å². The summed E-state index contributed by atoms with van der Waals surface area (Å²) in [4.78, 5) is 0. The second kappa shape index (κ2) is 13.5. The molecule has 0 aliphatic rings. The first kappa shape index (κ1) is 18.1. The topological polar surface area (TPSA) is 40.5 Å². The van der Waals surface area contributed by atoms with Gasteiger partial charge in [0, 0.05) is 13.1 Å². The van der Waals surface area contributed by atoms with E-state index in [0.717, 1.165) is 25.9 Å². The van der Waals surface area contributed by atoms with E-state index >= 15 is 0 Å². The lowest BCUT2D eigenvalue weighted by atomic mass is 10.1. The maximum absolute atomic E-state index is 11.2. The highest BCUT2D eigenvalue weighted by Gasteiger charge is 2.09. The molecule has 0 heterocycles. The van der Waals surface area contributed by atoms with Gasteiger partial charge in [-0.1, -0.05) is 65.2 Å². The van der Waals surface area contributed by atoms with Crippen LogP contribution in [0, 0.1) is 0 Å². The number of unbranched alkanes of at least 4 members (excludes halogenated alkanes) is 8. The van der Waals surface area contributed by atoms with Gasteiger partial charge in [-0.3, -0.25) is 4.55 Å². The minimum atomic E-state index is -1.78. The Hall–Kier alpha value is 0.0700. The molecule has 1 atom stereocenters. The van der Waals surface area contributed by atoms with Gasteiger partial charge in [0.2, 0.25) is 11.3 Å². The third-order valence-electron chi connectivity index (χ3n) is 3.24. The second-order valence-electron chi connectivity index (χ2n) is 4.99. The van der Waals surface area contributed by atoms with Crippen molar-refractivity contribution in [3.63, 3.8) is 0 Å². The standard InChI is InChI=1S/C14H31NO2S/c1-3-5-7-9-11-13-15(18(16)17)14-12-10-8-6-4-2/h3-14H2,1-2H3,(H,16,17). The number of nitrogens with zero attached hydrogens (tertiary/aromatic N) is 1. The van der Waals surface area contributed by atoms with E-state index in [9.17, 15) is 8.76 Å². The fraction of sp³-hybridized carbons (Fsp3) is 1.00.